The molecule has 0 bridgehead atoms. The van der Waals surface area contributed by atoms with Crippen molar-refractivity contribution >= 4 is 23.8 Å². The monoisotopic (exact) mass is 346 g/mol. The number of benzene rings is 1. The normalized spacial score (nSPS) is 14.3. The Kier molecular flexibility index (Phi) is 4.79. The molecule has 0 saturated heterocycles. The summed E-state index contributed by atoms with van der Waals surface area (Å²) in [6.45, 7) is 0.891. The van der Waals surface area contributed by atoms with E-state index in [2.05, 4.69) is 5.10 Å². The van der Waals surface area contributed by atoms with Crippen LogP contribution in [0.3, 0.4) is 0 Å². The number of nitrogens with two attached hydrogens (primary N) is 1. The lowest BCUT2D eigenvalue weighted by Gasteiger charge is -2.32. The number of fused-ring (bicyclic) bond motifs is 1. The molecule has 126 valence electrons. The second-order valence-corrected chi connectivity index (χ2v) is 5.51. The van der Waals surface area contributed by atoms with Crippen molar-refractivity contribution in [2.75, 3.05) is 17.2 Å². The number of nitrogen functional groups attached to an aromatic ring is 1. The van der Waals surface area contributed by atoms with Gasteiger partial charge in [-0.3, -0.25) is 4.68 Å². The highest BCUT2D eigenvalue weighted by molar-refractivity contribution is 5.85. The third-order valence-corrected chi connectivity index (χ3v) is 4.03. The van der Waals surface area contributed by atoms with Crippen LogP contribution < -0.4 is 10.6 Å². The van der Waals surface area contributed by atoms with Crippen molar-refractivity contribution in [1.29, 1.82) is 0 Å². The first kappa shape index (κ1) is 17.5. The molecule has 0 unspecified atom stereocenters. The Hall–Kier alpha value is -1.89. The highest BCUT2D eigenvalue weighted by atomic mass is 35.5. The smallest absolute Gasteiger partial charge is 0.398 e. The summed E-state index contributed by atoms with van der Waals surface area (Å²) >= 11 is 0. The summed E-state index contributed by atoms with van der Waals surface area (Å²) in [6.07, 6.45) is -1.38. The summed E-state index contributed by atoms with van der Waals surface area (Å²) in [4.78, 5) is 1.95. The molecule has 0 radical (unpaired) electrons. The van der Waals surface area contributed by atoms with Crippen LogP contribution in [0.2, 0.25) is 0 Å². The van der Waals surface area contributed by atoms with Crippen molar-refractivity contribution in [2.45, 2.75) is 25.6 Å². The Balaban J connectivity index is 0.00000192. The number of anilines is 2. The zero-order valence-corrected chi connectivity index (χ0v) is 13.4. The Labute approximate surface area is 138 Å². The van der Waals surface area contributed by atoms with Gasteiger partial charge in [-0.05, 0) is 30.5 Å². The van der Waals surface area contributed by atoms with Crippen LogP contribution in [0, 0.1) is 0 Å². The Morgan fingerprint density at radius 3 is 2.74 bits per heavy atom. The Morgan fingerprint density at radius 1 is 1.30 bits per heavy atom. The van der Waals surface area contributed by atoms with E-state index in [0.717, 1.165) is 28.8 Å². The molecule has 4 nitrogen and oxygen atoms in total. The molecule has 0 spiro atoms. The Bertz CT molecular complexity index is 697. The van der Waals surface area contributed by atoms with Crippen LogP contribution in [0.4, 0.5) is 24.5 Å². The molecule has 2 aromatic rings. The van der Waals surface area contributed by atoms with Crippen molar-refractivity contribution in [3.8, 4) is 0 Å². The number of rotatable bonds is 2. The average Bonchev–Trinajstić information content (AvgIpc) is 2.81. The molecule has 8 heteroatoms. The fourth-order valence-corrected chi connectivity index (χ4v) is 3.06. The number of aryl methyl sites for hydroxylation is 1. The number of aromatic nitrogens is 2. The molecule has 0 amide bonds. The lowest BCUT2D eigenvalue weighted by Crippen LogP contribution is -2.30. The van der Waals surface area contributed by atoms with Crippen LogP contribution in [0.25, 0.3) is 0 Å². The van der Waals surface area contributed by atoms with E-state index >= 15 is 0 Å². The maximum atomic E-state index is 13.2. The van der Waals surface area contributed by atoms with Crippen molar-refractivity contribution in [3.05, 3.63) is 41.2 Å². The minimum atomic E-state index is -4.41. The lowest BCUT2D eigenvalue weighted by atomic mass is 9.99. The molecule has 0 saturated carbocycles. The molecule has 0 aliphatic carbocycles. The van der Waals surface area contributed by atoms with Crippen molar-refractivity contribution in [2.24, 2.45) is 7.05 Å². The summed E-state index contributed by atoms with van der Waals surface area (Å²) in [7, 11) is 1.31. The van der Waals surface area contributed by atoms with Gasteiger partial charge in [0, 0.05) is 37.1 Å². The standard InChI is InChI=1S/C15H17F3N4.ClH/c1-21-14(15(16,17)18)10(8-20-21)9-22-7-3-4-11-12(19)5-2-6-13(11)22;/h2,5-6,8H,3-4,7,9,19H2,1H3;1H. The maximum absolute atomic E-state index is 13.2. The lowest BCUT2D eigenvalue weighted by molar-refractivity contribution is -0.144. The van der Waals surface area contributed by atoms with E-state index in [9.17, 15) is 13.2 Å². The van der Waals surface area contributed by atoms with Crippen molar-refractivity contribution < 1.29 is 13.2 Å². The molecule has 1 aliphatic heterocycles. The first-order chi connectivity index (χ1) is 10.4. The molecular formula is C15H18ClF3N4. The first-order valence-electron chi connectivity index (χ1n) is 7.08. The van der Waals surface area contributed by atoms with Gasteiger partial charge in [-0.2, -0.15) is 18.3 Å². The van der Waals surface area contributed by atoms with Gasteiger partial charge < -0.3 is 10.6 Å². The minimum absolute atomic E-state index is 0. The summed E-state index contributed by atoms with van der Waals surface area (Å²) in [5.41, 5.74) is 8.11. The summed E-state index contributed by atoms with van der Waals surface area (Å²) in [6, 6.07) is 5.57. The quantitative estimate of drug-likeness (QED) is 0.848. The predicted octanol–water partition coefficient (Wildman–Crippen LogP) is 3.40. The van der Waals surface area contributed by atoms with Gasteiger partial charge in [0.2, 0.25) is 0 Å². The second-order valence-electron chi connectivity index (χ2n) is 5.51. The maximum Gasteiger partial charge on any atom is 0.433 e. The van der Waals surface area contributed by atoms with Gasteiger partial charge >= 0.3 is 6.18 Å². The van der Waals surface area contributed by atoms with Crippen LogP contribution in [-0.4, -0.2) is 16.3 Å². The van der Waals surface area contributed by atoms with E-state index < -0.39 is 11.9 Å². The van der Waals surface area contributed by atoms with Gasteiger partial charge in [0.1, 0.15) is 5.69 Å². The van der Waals surface area contributed by atoms with Crippen LogP contribution in [0.1, 0.15) is 23.2 Å². The average molecular weight is 347 g/mol. The van der Waals surface area contributed by atoms with Gasteiger partial charge in [-0.15, -0.1) is 12.4 Å². The van der Waals surface area contributed by atoms with E-state index in [-0.39, 0.29) is 24.5 Å². The fraction of sp³-hybridized carbons (Fsp3) is 0.400. The molecule has 2 N–H and O–H groups in total. The minimum Gasteiger partial charge on any atom is -0.398 e. The highest BCUT2D eigenvalue weighted by Gasteiger charge is 2.37. The van der Waals surface area contributed by atoms with Gasteiger partial charge in [-0.1, -0.05) is 6.07 Å². The second kappa shape index (κ2) is 6.31. The van der Waals surface area contributed by atoms with Crippen LogP contribution in [0.15, 0.2) is 24.4 Å². The van der Waals surface area contributed by atoms with Gasteiger partial charge in [0.15, 0.2) is 0 Å². The summed E-state index contributed by atoms with van der Waals surface area (Å²) < 4.78 is 40.4. The van der Waals surface area contributed by atoms with E-state index in [0.29, 0.717) is 12.2 Å². The zero-order chi connectivity index (χ0) is 15.9. The number of halogens is 4. The molecule has 0 fully saturated rings. The number of hydrogen-bond donors (Lipinski definition) is 1. The Morgan fingerprint density at radius 2 is 2.04 bits per heavy atom. The molecule has 2 heterocycles. The molecule has 1 aromatic carbocycles. The number of nitrogens with zero attached hydrogens (tertiary/aromatic N) is 3. The third-order valence-electron chi connectivity index (χ3n) is 4.03. The van der Waals surface area contributed by atoms with E-state index in [1.807, 2.05) is 23.1 Å². The van der Waals surface area contributed by atoms with Crippen LogP contribution in [-0.2, 0) is 26.2 Å². The molecule has 0 atom stereocenters. The van der Waals surface area contributed by atoms with Crippen LogP contribution >= 0.6 is 12.4 Å². The first-order valence-corrected chi connectivity index (χ1v) is 7.08. The predicted molar refractivity (Wildman–Crippen MR) is 85.7 cm³/mol. The van der Waals surface area contributed by atoms with E-state index in [1.54, 1.807) is 0 Å². The number of hydrogen-bond acceptors (Lipinski definition) is 3. The summed E-state index contributed by atoms with van der Waals surface area (Å²) in [5, 5.41) is 3.77. The van der Waals surface area contributed by atoms with Crippen LogP contribution in [0.5, 0.6) is 0 Å². The fourth-order valence-electron chi connectivity index (χ4n) is 3.06. The third kappa shape index (κ3) is 3.24. The largest absolute Gasteiger partial charge is 0.433 e. The van der Waals surface area contributed by atoms with E-state index in [4.69, 9.17) is 5.73 Å². The van der Waals surface area contributed by atoms with Crippen molar-refractivity contribution in [1.82, 2.24) is 9.78 Å². The molecule has 3 rings (SSSR count). The van der Waals surface area contributed by atoms with Gasteiger partial charge in [0.25, 0.3) is 0 Å². The molecule has 23 heavy (non-hydrogen) atoms. The summed E-state index contributed by atoms with van der Waals surface area (Å²) in [5.74, 6) is 0. The van der Waals surface area contributed by atoms with Crippen molar-refractivity contribution in [3.63, 3.8) is 0 Å². The topological polar surface area (TPSA) is 47.1 Å². The highest BCUT2D eigenvalue weighted by Crippen LogP contribution is 2.35. The van der Waals surface area contributed by atoms with Gasteiger partial charge in [0.05, 0.1) is 6.20 Å². The van der Waals surface area contributed by atoms with E-state index in [1.165, 1.54) is 13.2 Å². The molecular weight excluding hydrogens is 329 g/mol. The molecule has 1 aliphatic rings. The molecule has 1 aromatic heterocycles. The number of alkyl halides is 3. The SMILES string of the molecule is Cl.Cn1ncc(CN2CCCc3c(N)cccc32)c1C(F)(F)F. The zero-order valence-electron chi connectivity index (χ0n) is 12.6. The van der Waals surface area contributed by atoms with Gasteiger partial charge in [-0.25, -0.2) is 0 Å².